The van der Waals surface area contributed by atoms with Crippen molar-refractivity contribution >= 4 is 22.8 Å². The third-order valence-corrected chi connectivity index (χ3v) is 4.33. The van der Waals surface area contributed by atoms with Gasteiger partial charge in [0.05, 0.1) is 17.2 Å². The normalized spacial score (nSPS) is 20.9. The molecule has 3 rings (SSSR count). The van der Waals surface area contributed by atoms with E-state index in [0.29, 0.717) is 6.04 Å². The Morgan fingerprint density at radius 2 is 2.53 bits per heavy atom. The van der Waals surface area contributed by atoms with Gasteiger partial charge in [-0.05, 0) is 6.07 Å². The molecular weight excluding hydrogens is 232 g/mol. The molecule has 2 aromatic heterocycles. The molecule has 0 spiro atoms. The number of fused-ring (bicyclic) bond motifs is 1. The highest BCUT2D eigenvalue weighted by Crippen LogP contribution is 2.16. The van der Waals surface area contributed by atoms with Gasteiger partial charge in [0.1, 0.15) is 5.82 Å². The Kier molecular flexibility index (Phi) is 3.03. The van der Waals surface area contributed by atoms with Gasteiger partial charge in [-0.3, -0.25) is 4.98 Å². The lowest BCUT2D eigenvalue weighted by molar-refractivity contribution is 0.543. The van der Waals surface area contributed by atoms with Crippen molar-refractivity contribution < 1.29 is 0 Å². The summed E-state index contributed by atoms with van der Waals surface area (Å²) in [5, 5.41) is 3.55. The van der Waals surface area contributed by atoms with Crippen LogP contribution in [0.5, 0.6) is 0 Å². The number of aromatic nitrogens is 3. The molecule has 1 unspecified atom stereocenters. The highest BCUT2D eigenvalue weighted by atomic mass is 32.2. The number of pyridine rings is 1. The van der Waals surface area contributed by atoms with Crippen molar-refractivity contribution in [3.05, 3.63) is 24.3 Å². The zero-order valence-electron chi connectivity index (χ0n) is 9.89. The van der Waals surface area contributed by atoms with E-state index in [1.165, 1.54) is 11.5 Å². The summed E-state index contributed by atoms with van der Waals surface area (Å²) in [6.45, 7) is 1.11. The Bertz CT molecular complexity index is 516. The van der Waals surface area contributed by atoms with Crippen LogP contribution in [0.15, 0.2) is 18.5 Å². The Balaban J connectivity index is 1.87. The number of hydrogen-bond acceptors (Lipinski definition) is 4. The smallest absolute Gasteiger partial charge is 0.111 e. The maximum absolute atomic E-state index is 4.68. The summed E-state index contributed by atoms with van der Waals surface area (Å²) in [6, 6.07) is 2.53. The van der Waals surface area contributed by atoms with Crippen LogP contribution in [0.3, 0.4) is 0 Å². The average molecular weight is 248 g/mol. The molecule has 1 N–H and O–H groups in total. The van der Waals surface area contributed by atoms with Gasteiger partial charge >= 0.3 is 0 Å². The second kappa shape index (κ2) is 4.66. The quantitative estimate of drug-likeness (QED) is 0.867. The van der Waals surface area contributed by atoms with E-state index in [2.05, 4.69) is 26.9 Å². The molecule has 90 valence electrons. The van der Waals surface area contributed by atoms with E-state index in [9.17, 15) is 0 Å². The third kappa shape index (κ3) is 2.17. The first-order chi connectivity index (χ1) is 8.34. The summed E-state index contributed by atoms with van der Waals surface area (Å²) in [6.07, 6.45) is 4.68. The largest absolute Gasteiger partial charge is 0.330 e. The van der Waals surface area contributed by atoms with E-state index in [1.54, 1.807) is 6.20 Å². The van der Waals surface area contributed by atoms with Crippen molar-refractivity contribution in [1.29, 1.82) is 0 Å². The monoisotopic (exact) mass is 248 g/mol. The first-order valence-electron chi connectivity index (χ1n) is 5.91. The number of imidazole rings is 1. The van der Waals surface area contributed by atoms with Crippen LogP contribution in [0.2, 0.25) is 0 Å². The molecule has 2 aromatic rings. The number of rotatable bonds is 2. The fourth-order valence-corrected chi connectivity index (χ4v) is 3.19. The summed E-state index contributed by atoms with van der Waals surface area (Å²) in [5.41, 5.74) is 2.16. The van der Waals surface area contributed by atoms with Gasteiger partial charge in [-0.1, -0.05) is 0 Å². The fourth-order valence-electron chi connectivity index (χ4n) is 2.24. The molecule has 1 aliphatic heterocycles. The number of hydrogen-bond donors (Lipinski definition) is 1. The van der Waals surface area contributed by atoms with Crippen LogP contribution in [-0.2, 0) is 13.5 Å². The van der Waals surface area contributed by atoms with Crippen LogP contribution < -0.4 is 5.32 Å². The van der Waals surface area contributed by atoms with Crippen LogP contribution in [0.1, 0.15) is 5.82 Å². The van der Waals surface area contributed by atoms with Crippen molar-refractivity contribution in [3.8, 4) is 0 Å². The van der Waals surface area contributed by atoms with Crippen molar-refractivity contribution in [3.63, 3.8) is 0 Å². The average Bonchev–Trinajstić information content (AvgIpc) is 2.68. The van der Waals surface area contributed by atoms with Gasteiger partial charge in [0.2, 0.25) is 0 Å². The molecule has 17 heavy (non-hydrogen) atoms. The van der Waals surface area contributed by atoms with E-state index in [4.69, 9.17) is 0 Å². The Labute approximate surface area is 105 Å². The SMILES string of the molecule is Cn1c(CC2CSCCN2)nc2ccncc21. The zero-order valence-corrected chi connectivity index (χ0v) is 10.7. The van der Waals surface area contributed by atoms with Gasteiger partial charge < -0.3 is 9.88 Å². The molecule has 1 saturated heterocycles. The number of thioether (sulfide) groups is 1. The van der Waals surface area contributed by atoms with Crippen molar-refractivity contribution in [2.75, 3.05) is 18.1 Å². The molecular formula is C12H16N4S. The van der Waals surface area contributed by atoms with Gasteiger partial charge in [0.15, 0.2) is 0 Å². The predicted molar refractivity (Wildman–Crippen MR) is 71.3 cm³/mol. The minimum Gasteiger partial charge on any atom is -0.330 e. The fraction of sp³-hybridized carbons (Fsp3) is 0.500. The lowest BCUT2D eigenvalue weighted by atomic mass is 10.2. The minimum absolute atomic E-state index is 0.553. The second-order valence-electron chi connectivity index (χ2n) is 4.38. The molecule has 0 aromatic carbocycles. The maximum atomic E-state index is 4.68. The van der Waals surface area contributed by atoms with Gasteiger partial charge in [-0.2, -0.15) is 11.8 Å². The lowest BCUT2D eigenvalue weighted by Crippen LogP contribution is -2.39. The highest BCUT2D eigenvalue weighted by molar-refractivity contribution is 7.99. The molecule has 1 fully saturated rings. The summed E-state index contributed by atoms with van der Waals surface area (Å²) in [4.78, 5) is 8.83. The van der Waals surface area contributed by atoms with Crippen LogP contribution in [0, 0.1) is 0 Å². The van der Waals surface area contributed by atoms with Crippen LogP contribution >= 0.6 is 11.8 Å². The van der Waals surface area contributed by atoms with Crippen LogP contribution in [0.25, 0.3) is 11.0 Å². The summed E-state index contributed by atoms with van der Waals surface area (Å²) in [7, 11) is 2.07. The summed E-state index contributed by atoms with van der Waals surface area (Å²) < 4.78 is 2.16. The molecule has 0 amide bonds. The molecule has 1 aliphatic rings. The molecule has 1 atom stereocenters. The number of aryl methyl sites for hydroxylation is 1. The maximum Gasteiger partial charge on any atom is 0.111 e. The summed E-state index contributed by atoms with van der Waals surface area (Å²) >= 11 is 2.02. The standard InChI is InChI=1S/C12H16N4S/c1-16-11-7-13-3-2-10(11)15-12(16)6-9-8-17-5-4-14-9/h2-3,7,9,14H,4-6,8H2,1H3. The van der Waals surface area contributed by atoms with E-state index >= 15 is 0 Å². The van der Waals surface area contributed by atoms with Crippen LogP contribution in [0.4, 0.5) is 0 Å². The molecule has 0 bridgehead atoms. The molecule has 0 aliphatic carbocycles. The van der Waals surface area contributed by atoms with Crippen molar-refractivity contribution in [1.82, 2.24) is 19.9 Å². The van der Waals surface area contributed by atoms with Crippen molar-refractivity contribution in [2.45, 2.75) is 12.5 Å². The predicted octanol–water partition coefficient (Wildman–Crippen LogP) is 1.22. The third-order valence-electron chi connectivity index (χ3n) is 3.20. The van der Waals surface area contributed by atoms with Gasteiger partial charge in [-0.15, -0.1) is 0 Å². The van der Waals surface area contributed by atoms with E-state index in [1.807, 2.05) is 24.0 Å². The molecule has 4 nitrogen and oxygen atoms in total. The second-order valence-corrected chi connectivity index (χ2v) is 5.53. The summed E-state index contributed by atoms with van der Waals surface area (Å²) in [5.74, 6) is 3.55. The van der Waals surface area contributed by atoms with E-state index < -0.39 is 0 Å². The number of nitrogens with zero attached hydrogens (tertiary/aromatic N) is 3. The first kappa shape index (κ1) is 11.0. The lowest BCUT2D eigenvalue weighted by Gasteiger charge is -2.22. The van der Waals surface area contributed by atoms with Crippen molar-refractivity contribution in [2.24, 2.45) is 7.05 Å². The van der Waals surface area contributed by atoms with E-state index in [0.717, 1.165) is 29.8 Å². The zero-order chi connectivity index (χ0) is 11.7. The Morgan fingerprint density at radius 1 is 1.59 bits per heavy atom. The van der Waals surface area contributed by atoms with Gasteiger partial charge in [0, 0.05) is 43.8 Å². The Hall–Kier alpha value is -1.07. The minimum atomic E-state index is 0.553. The first-order valence-corrected chi connectivity index (χ1v) is 7.06. The molecule has 0 saturated carbocycles. The van der Waals surface area contributed by atoms with Gasteiger partial charge in [0.25, 0.3) is 0 Å². The highest BCUT2D eigenvalue weighted by Gasteiger charge is 2.16. The van der Waals surface area contributed by atoms with Gasteiger partial charge in [-0.25, -0.2) is 4.98 Å². The Morgan fingerprint density at radius 3 is 3.29 bits per heavy atom. The van der Waals surface area contributed by atoms with E-state index in [-0.39, 0.29) is 0 Å². The topological polar surface area (TPSA) is 42.7 Å². The van der Waals surface area contributed by atoms with Crippen LogP contribution in [-0.4, -0.2) is 38.6 Å². The molecule has 3 heterocycles. The molecule has 0 radical (unpaired) electrons. The number of nitrogens with one attached hydrogen (secondary N) is 1. The molecule has 5 heteroatoms.